The lowest BCUT2D eigenvalue weighted by molar-refractivity contribution is -0.145. The number of aliphatic hydroxyl groups is 1. The second-order valence-electron chi connectivity index (χ2n) is 7.56. The third-order valence-electron chi connectivity index (χ3n) is 6.12. The van der Waals surface area contributed by atoms with E-state index in [1.807, 2.05) is 0 Å². The fraction of sp³-hybridized carbons (Fsp3) is 0.941. The number of β-amino-alcohol motifs (C(OH)–C–C–N with tert-alkyl or cyclic N) is 1. The van der Waals surface area contributed by atoms with Crippen molar-refractivity contribution in [1.82, 2.24) is 4.90 Å². The Labute approximate surface area is 127 Å². The number of rotatable bonds is 4. The molecule has 3 aliphatic rings. The summed E-state index contributed by atoms with van der Waals surface area (Å²) in [7, 11) is 0. The van der Waals surface area contributed by atoms with Gasteiger partial charge in [0.2, 0.25) is 0 Å². The molecule has 2 aliphatic carbocycles. The zero-order chi connectivity index (χ0) is 14.9. The lowest BCUT2D eigenvalue weighted by atomic mass is 9.78. The van der Waals surface area contributed by atoms with Crippen molar-refractivity contribution < 1.29 is 15.0 Å². The predicted molar refractivity (Wildman–Crippen MR) is 81.1 cm³/mol. The normalized spacial score (nSPS) is 38.9. The van der Waals surface area contributed by atoms with E-state index in [1.165, 1.54) is 38.5 Å². The Kier molecular flexibility index (Phi) is 4.55. The van der Waals surface area contributed by atoms with E-state index in [4.69, 9.17) is 5.11 Å². The number of carbonyl (C=O) groups is 1. The van der Waals surface area contributed by atoms with Gasteiger partial charge in [0.15, 0.2) is 0 Å². The van der Waals surface area contributed by atoms with Crippen molar-refractivity contribution in [2.75, 3.05) is 13.1 Å². The molecule has 4 nitrogen and oxygen atoms in total. The lowest BCUT2D eigenvalue weighted by Crippen LogP contribution is -2.49. The maximum atomic E-state index is 11.0. The van der Waals surface area contributed by atoms with Crippen LogP contribution < -0.4 is 0 Å². The molecule has 2 N–H and O–H groups in total. The summed E-state index contributed by atoms with van der Waals surface area (Å²) in [4.78, 5) is 13.6. The molecular weight excluding hydrogens is 266 g/mol. The largest absolute Gasteiger partial charge is 0.481 e. The van der Waals surface area contributed by atoms with E-state index in [2.05, 4.69) is 4.90 Å². The monoisotopic (exact) mass is 295 g/mol. The molecule has 1 aliphatic heterocycles. The van der Waals surface area contributed by atoms with Crippen LogP contribution in [0.4, 0.5) is 0 Å². The maximum Gasteiger partial charge on any atom is 0.306 e. The number of likely N-dealkylation sites (tertiary alicyclic amines) is 1. The smallest absolute Gasteiger partial charge is 0.306 e. The van der Waals surface area contributed by atoms with Gasteiger partial charge in [0.05, 0.1) is 11.5 Å². The fourth-order valence-electron chi connectivity index (χ4n) is 4.86. The van der Waals surface area contributed by atoms with Crippen LogP contribution in [0, 0.1) is 11.8 Å². The highest BCUT2D eigenvalue weighted by atomic mass is 16.4. The van der Waals surface area contributed by atoms with E-state index in [0.29, 0.717) is 31.7 Å². The number of hydrogen-bond donors (Lipinski definition) is 2. The first kappa shape index (κ1) is 15.3. The topological polar surface area (TPSA) is 60.8 Å². The summed E-state index contributed by atoms with van der Waals surface area (Å²) in [5, 5.41) is 19.9. The van der Waals surface area contributed by atoms with E-state index >= 15 is 0 Å². The molecule has 0 aromatic carbocycles. The second kappa shape index (κ2) is 6.25. The van der Waals surface area contributed by atoms with Crippen molar-refractivity contribution >= 4 is 5.97 Å². The molecule has 3 fully saturated rings. The van der Waals surface area contributed by atoms with Crippen molar-refractivity contribution in [2.45, 2.75) is 75.9 Å². The van der Waals surface area contributed by atoms with Crippen LogP contribution in [0.2, 0.25) is 0 Å². The molecule has 0 aromatic heterocycles. The third kappa shape index (κ3) is 3.42. The average molecular weight is 295 g/mol. The van der Waals surface area contributed by atoms with Crippen LogP contribution >= 0.6 is 0 Å². The van der Waals surface area contributed by atoms with Crippen molar-refractivity contribution in [2.24, 2.45) is 11.8 Å². The van der Waals surface area contributed by atoms with Crippen molar-refractivity contribution in [3.8, 4) is 0 Å². The first-order valence-electron chi connectivity index (χ1n) is 8.77. The SMILES string of the molecule is O=C(O)C1CCC(O)(CN2CCCC2C2CCCC2)CC1. The average Bonchev–Trinajstić information content (AvgIpc) is 3.09. The zero-order valence-corrected chi connectivity index (χ0v) is 13.0. The van der Waals surface area contributed by atoms with Crippen molar-refractivity contribution in [3.05, 3.63) is 0 Å². The minimum absolute atomic E-state index is 0.241. The van der Waals surface area contributed by atoms with Crippen LogP contribution in [0.5, 0.6) is 0 Å². The maximum absolute atomic E-state index is 11.0. The second-order valence-corrected chi connectivity index (χ2v) is 7.56. The molecule has 0 amide bonds. The van der Waals surface area contributed by atoms with Crippen LogP contribution in [-0.2, 0) is 4.79 Å². The summed E-state index contributed by atoms with van der Waals surface area (Å²) in [6.07, 6.45) is 10.6. The molecule has 0 bridgehead atoms. The zero-order valence-electron chi connectivity index (χ0n) is 13.0. The van der Waals surface area contributed by atoms with Gasteiger partial charge in [0.1, 0.15) is 0 Å². The van der Waals surface area contributed by atoms with Crippen LogP contribution in [0.3, 0.4) is 0 Å². The summed E-state index contributed by atoms with van der Waals surface area (Å²) in [6.45, 7) is 1.88. The highest BCUT2D eigenvalue weighted by Gasteiger charge is 2.41. The van der Waals surface area contributed by atoms with Gasteiger partial charge in [-0.2, -0.15) is 0 Å². The van der Waals surface area contributed by atoms with Gasteiger partial charge < -0.3 is 10.2 Å². The number of aliphatic carboxylic acids is 1. The van der Waals surface area contributed by atoms with E-state index in [9.17, 15) is 9.90 Å². The Balaban J connectivity index is 1.56. The van der Waals surface area contributed by atoms with Gasteiger partial charge >= 0.3 is 5.97 Å². The summed E-state index contributed by atoms with van der Waals surface area (Å²) >= 11 is 0. The van der Waals surface area contributed by atoms with Gasteiger partial charge in [-0.3, -0.25) is 9.69 Å². The quantitative estimate of drug-likeness (QED) is 0.837. The predicted octanol–water partition coefficient (Wildman–Crippen LogP) is 2.65. The highest BCUT2D eigenvalue weighted by molar-refractivity contribution is 5.70. The molecule has 1 atom stereocenters. The summed E-state index contributed by atoms with van der Waals surface area (Å²) in [5.74, 6) is -0.0944. The molecule has 0 spiro atoms. The number of nitrogens with zero attached hydrogens (tertiary/aromatic N) is 1. The summed E-state index contributed by atoms with van der Waals surface area (Å²) in [5.41, 5.74) is -0.646. The Morgan fingerprint density at radius 2 is 1.71 bits per heavy atom. The number of hydrogen-bond acceptors (Lipinski definition) is 3. The van der Waals surface area contributed by atoms with Crippen molar-refractivity contribution in [3.63, 3.8) is 0 Å². The molecule has 2 saturated carbocycles. The molecular formula is C17H29NO3. The minimum Gasteiger partial charge on any atom is -0.481 e. The Hall–Kier alpha value is -0.610. The molecule has 0 radical (unpaired) electrons. The van der Waals surface area contributed by atoms with Gasteiger partial charge in [0.25, 0.3) is 0 Å². The highest BCUT2D eigenvalue weighted by Crippen LogP contribution is 2.38. The van der Waals surface area contributed by atoms with Crippen molar-refractivity contribution in [1.29, 1.82) is 0 Å². The van der Waals surface area contributed by atoms with Crippen LogP contribution in [0.1, 0.15) is 64.2 Å². The molecule has 120 valence electrons. The van der Waals surface area contributed by atoms with E-state index in [0.717, 1.165) is 19.0 Å². The molecule has 21 heavy (non-hydrogen) atoms. The number of carboxylic acid groups (broad SMARTS) is 1. The van der Waals surface area contributed by atoms with Gasteiger partial charge in [-0.25, -0.2) is 0 Å². The van der Waals surface area contributed by atoms with Gasteiger partial charge in [-0.15, -0.1) is 0 Å². The van der Waals surface area contributed by atoms with Crippen LogP contribution in [-0.4, -0.2) is 45.8 Å². The van der Waals surface area contributed by atoms with Crippen LogP contribution in [0.25, 0.3) is 0 Å². The molecule has 1 saturated heterocycles. The molecule has 0 aromatic rings. The Morgan fingerprint density at radius 3 is 2.33 bits per heavy atom. The first-order valence-corrected chi connectivity index (χ1v) is 8.77. The fourth-order valence-corrected chi connectivity index (χ4v) is 4.86. The summed E-state index contributed by atoms with van der Waals surface area (Å²) in [6, 6.07) is 0.675. The third-order valence-corrected chi connectivity index (χ3v) is 6.12. The first-order chi connectivity index (χ1) is 10.1. The van der Waals surface area contributed by atoms with E-state index in [-0.39, 0.29) is 5.92 Å². The lowest BCUT2D eigenvalue weighted by Gasteiger charge is -2.40. The Morgan fingerprint density at radius 1 is 1.05 bits per heavy atom. The van der Waals surface area contributed by atoms with Gasteiger partial charge in [-0.05, 0) is 63.8 Å². The van der Waals surface area contributed by atoms with Crippen LogP contribution in [0.15, 0.2) is 0 Å². The standard InChI is InChI=1S/C17H29NO3/c19-16(20)14-7-9-17(21,10-8-14)12-18-11-3-6-15(18)13-4-1-2-5-13/h13-15,21H,1-12H2,(H,19,20). The molecule has 1 unspecified atom stereocenters. The Bertz CT molecular complexity index is 370. The molecule has 4 heteroatoms. The van der Waals surface area contributed by atoms with Gasteiger partial charge in [-0.1, -0.05) is 12.8 Å². The summed E-state index contributed by atoms with van der Waals surface area (Å²) < 4.78 is 0. The van der Waals surface area contributed by atoms with E-state index < -0.39 is 11.6 Å². The number of carboxylic acids is 1. The molecule has 1 heterocycles. The molecule has 3 rings (SSSR count). The van der Waals surface area contributed by atoms with E-state index in [1.54, 1.807) is 0 Å². The minimum atomic E-state index is -0.693. The van der Waals surface area contributed by atoms with Gasteiger partial charge in [0, 0.05) is 12.6 Å².